The number of hydrogen-bond acceptors (Lipinski definition) is 5. The molecule has 158 valence electrons. The van der Waals surface area contributed by atoms with Crippen LogP contribution in [0.1, 0.15) is 24.1 Å². The maximum absolute atomic E-state index is 12.9. The fourth-order valence-electron chi connectivity index (χ4n) is 3.25. The summed E-state index contributed by atoms with van der Waals surface area (Å²) in [6.45, 7) is 0. The summed E-state index contributed by atoms with van der Waals surface area (Å²) in [6.07, 6.45) is 3.99. The van der Waals surface area contributed by atoms with Gasteiger partial charge in [0, 0.05) is 31.2 Å². The van der Waals surface area contributed by atoms with Crippen molar-refractivity contribution < 1.29 is 19.2 Å². The number of benzene rings is 1. The number of primary amides is 1. The smallest absolute Gasteiger partial charge is 0.243 e. The van der Waals surface area contributed by atoms with Crippen molar-refractivity contribution in [3.8, 4) is 0 Å². The average molecular weight is 412 g/mol. The molecule has 2 heterocycles. The topological polar surface area (TPSA) is 159 Å². The van der Waals surface area contributed by atoms with Crippen LogP contribution in [0.2, 0.25) is 0 Å². The maximum Gasteiger partial charge on any atom is 0.243 e. The van der Waals surface area contributed by atoms with Gasteiger partial charge in [-0.1, -0.05) is 30.3 Å². The van der Waals surface area contributed by atoms with E-state index < -0.39 is 35.8 Å². The Balaban J connectivity index is 1.70. The van der Waals surface area contributed by atoms with Crippen molar-refractivity contribution in [1.29, 1.82) is 0 Å². The number of carbonyl (C=O) groups is 4. The summed E-state index contributed by atoms with van der Waals surface area (Å²) in [7, 11) is 0. The summed E-state index contributed by atoms with van der Waals surface area (Å²) < 4.78 is 0. The predicted octanol–water partition coefficient (Wildman–Crippen LogP) is -1.07. The minimum absolute atomic E-state index is 0.134. The summed E-state index contributed by atoms with van der Waals surface area (Å²) in [6, 6.07) is 6.55. The third-order valence-corrected chi connectivity index (χ3v) is 4.87. The minimum atomic E-state index is -0.979. The van der Waals surface area contributed by atoms with Gasteiger partial charge in [0.1, 0.15) is 18.1 Å². The second-order valence-electron chi connectivity index (χ2n) is 7.15. The fourth-order valence-corrected chi connectivity index (χ4v) is 3.25. The van der Waals surface area contributed by atoms with Gasteiger partial charge >= 0.3 is 0 Å². The molecule has 0 radical (unpaired) electrons. The van der Waals surface area contributed by atoms with Gasteiger partial charge in [0.2, 0.25) is 23.6 Å². The lowest BCUT2D eigenvalue weighted by Crippen LogP contribution is -2.56. The largest absolute Gasteiger partial charge is 0.368 e. The molecule has 1 aromatic carbocycles. The van der Waals surface area contributed by atoms with Crippen LogP contribution in [0.4, 0.5) is 0 Å². The standard InChI is InChI=1S/C20H24N6O4/c21-18(28)15(8-12-4-2-1-3-5-12)25-20(30)16(9-13-10-22-11-23-13)26-19(29)14-6-7-17(27)24-14/h1-5,10-11,14-16H,6-9H2,(H2,21,28)(H,22,23)(H,24,27)(H,25,30)(H,26,29)/t14-,15-,16-/m0/s1. The van der Waals surface area contributed by atoms with Crippen molar-refractivity contribution in [3.05, 3.63) is 54.1 Å². The number of nitrogens with zero attached hydrogens (tertiary/aromatic N) is 1. The Bertz CT molecular complexity index is 899. The zero-order valence-electron chi connectivity index (χ0n) is 16.3. The number of rotatable bonds is 9. The second-order valence-corrected chi connectivity index (χ2v) is 7.15. The van der Waals surface area contributed by atoms with Gasteiger partial charge in [-0.15, -0.1) is 0 Å². The lowest BCUT2D eigenvalue weighted by Gasteiger charge is -2.23. The highest BCUT2D eigenvalue weighted by molar-refractivity contribution is 5.95. The van der Waals surface area contributed by atoms with Crippen molar-refractivity contribution in [2.75, 3.05) is 0 Å². The molecule has 10 heteroatoms. The van der Waals surface area contributed by atoms with Crippen LogP contribution in [0.3, 0.4) is 0 Å². The van der Waals surface area contributed by atoms with Crippen LogP contribution in [0.5, 0.6) is 0 Å². The summed E-state index contributed by atoms with van der Waals surface area (Å²) in [5, 5.41) is 7.86. The van der Waals surface area contributed by atoms with Gasteiger partial charge in [0.25, 0.3) is 0 Å². The number of aromatic nitrogens is 2. The number of amides is 4. The van der Waals surface area contributed by atoms with Gasteiger partial charge in [-0.25, -0.2) is 4.98 Å². The first-order valence-corrected chi connectivity index (χ1v) is 9.63. The zero-order chi connectivity index (χ0) is 21.5. The molecular formula is C20H24N6O4. The highest BCUT2D eigenvalue weighted by Crippen LogP contribution is 2.09. The summed E-state index contributed by atoms with van der Waals surface area (Å²) >= 11 is 0. The number of carbonyl (C=O) groups excluding carboxylic acids is 4. The first-order chi connectivity index (χ1) is 14.4. The third-order valence-electron chi connectivity index (χ3n) is 4.87. The molecule has 3 atom stereocenters. The highest BCUT2D eigenvalue weighted by Gasteiger charge is 2.32. The van der Waals surface area contributed by atoms with E-state index in [1.54, 1.807) is 6.20 Å². The van der Waals surface area contributed by atoms with Crippen molar-refractivity contribution in [2.24, 2.45) is 5.73 Å². The number of aromatic amines is 1. The molecule has 1 aliphatic rings. The molecule has 1 aromatic heterocycles. The molecule has 0 unspecified atom stereocenters. The number of nitrogens with one attached hydrogen (secondary N) is 4. The Morgan fingerprint density at radius 3 is 2.50 bits per heavy atom. The molecule has 3 rings (SSSR count). The van der Waals surface area contributed by atoms with Crippen LogP contribution in [0.25, 0.3) is 0 Å². The lowest BCUT2D eigenvalue weighted by molar-refractivity contribution is -0.132. The fraction of sp³-hybridized carbons (Fsp3) is 0.350. The summed E-state index contributed by atoms with van der Waals surface area (Å²) in [5.41, 5.74) is 6.95. The SMILES string of the molecule is NC(=O)[C@H](Cc1ccccc1)NC(=O)[C@H](Cc1cnc[nH]1)NC(=O)[C@@H]1CCC(=O)N1. The summed E-state index contributed by atoms with van der Waals surface area (Å²) in [5.74, 6) is -1.90. The maximum atomic E-state index is 12.9. The number of imidazole rings is 1. The Morgan fingerprint density at radius 2 is 1.90 bits per heavy atom. The van der Waals surface area contributed by atoms with Crippen molar-refractivity contribution >= 4 is 23.6 Å². The molecule has 1 saturated heterocycles. The van der Waals surface area contributed by atoms with E-state index in [-0.39, 0.29) is 25.2 Å². The zero-order valence-corrected chi connectivity index (χ0v) is 16.3. The molecular weight excluding hydrogens is 388 g/mol. The molecule has 0 aliphatic carbocycles. The second kappa shape index (κ2) is 9.68. The van der Waals surface area contributed by atoms with Gasteiger partial charge in [0.05, 0.1) is 6.33 Å². The Kier molecular flexibility index (Phi) is 6.79. The van der Waals surface area contributed by atoms with Crippen LogP contribution >= 0.6 is 0 Å². The van der Waals surface area contributed by atoms with Gasteiger partial charge in [-0.3, -0.25) is 19.2 Å². The summed E-state index contributed by atoms with van der Waals surface area (Å²) in [4.78, 5) is 55.6. The lowest BCUT2D eigenvalue weighted by atomic mass is 10.0. The van der Waals surface area contributed by atoms with E-state index in [0.717, 1.165) is 5.56 Å². The Morgan fingerprint density at radius 1 is 1.13 bits per heavy atom. The van der Waals surface area contributed by atoms with Gasteiger partial charge in [-0.2, -0.15) is 0 Å². The van der Waals surface area contributed by atoms with E-state index >= 15 is 0 Å². The van der Waals surface area contributed by atoms with E-state index in [1.807, 2.05) is 30.3 Å². The molecule has 10 nitrogen and oxygen atoms in total. The normalized spacial score (nSPS) is 17.6. The van der Waals surface area contributed by atoms with Crippen molar-refractivity contribution in [2.45, 2.75) is 43.8 Å². The van der Waals surface area contributed by atoms with Crippen molar-refractivity contribution in [3.63, 3.8) is 0 Å². The monoisotopic (exact) mass is 412 g/mol. The predicted molar refractivity (Wildman–Crippen MR) is 107 cm³/mol. The number of H-pyrrole nitrogens is 1. The molecule has 0 bridgehead atoms. The quantitative estimate of drug-likeness (QED) is 0.354. The van der Waals surface area contributed by atoms with Gasteiger partial charge in [0.15, 0.2) is 0 Å². The van der Waals surface area contributed by atoms with Crippen LogP contribution in [-0.2, 0) is 32.0 Å². The highest BCUT2D eigenvalue weighted by atomic mass is 16.2. The van der Waals surface area contributed by atoms with E-state index in [0.29, 0.717) is 12.1 Å². The van der Waals surface area contributed by atoms with Gasteiger partial charge < -0.3 is 26.7 Å². The number of hydrogen-bond donors (Lipinski definition) is 5. The van der Waals surface area contributed by atoms with Gasteiger partial charge in [-0.05, 0) is 12.0 Å². The molecule has 4 amide bonds. The van der Waals surface area contributed by atoms with E-state index in [4.69, 9.17) is 5.73 Å². The molecule has 6 N–H and O–H groups in total. The van der Waals surface area contributed by atoms with E-state index in [1.165, 1.54) is 6.33 Å². The Labute approximate surface area is 173 Å². The first-order valence-electron chi connectivity index (χ1n) is 9.63. The molecule has 0 spiro atoms. The van der Waals surface area contributed by atoms with Crippen LogP contribution in [-0.4, -0.2) is 51.7 Å². The minimum Gasteiger partial charge on any atom is -0.368 e. The van der Waals surface area contributed by atoms with Crippen LogP contribution in [0.15, 0.2) is 42.9 Å². The van der Waals surface area contributed by atoms with E-state index in [9.17, 15) is 19.2 Å². The Hall–Kier alpha value is -3.69. The average Bonchev–Trinajstić information content (AvgIpc) is 3.39. The molecule has 0 saturated carbocycles. The van der Waals surface area contributed by atoms with Crippen LogP contribution in [0, 0.1) is 0 Å². The third kappa shape index (κ3) is 5.66. The number of nitrogens with two attached hydrogens (primary N) is 1. The van der Waals surface area contributed by atoms with Crippen LogP contribution < -0.4 is 21.7 Å². The molecule has 30 heavy (non-hydrogen) atoms. The molecule has 1 fully saturated rings. The van der Waals surface area contributed by atoms with Crippen molar-refractivity contribution in [1.82, 2.24) is 25.9 Å². The molecule has 2 aromatic rings. The molecule has 1 aliphatic heterocycles. The van der Waals surface area contributed by atoms with E-state index in [2.05, 4.69) is 25.9 Å². The first kappa shape index (κ1) is 21.0.